The van der Waals surface area contributed by atoms with Crippen molar-refractivity contribution in [1.82, 2.24) is 0 Å². The molecule has 0 saturated heterocycles. The van der Waals surface area contributed by atoms with Crippen LogP contribution in [-0.2, 0) is 4.74 Å². The summed E-state index contributed by atoms with van der Waals surface area (Å²) in [5.74, 6) is 0.757. The van der Waals surface area contributed by atoms with Gasteiger partial charge in [-0.25, -0.2) is 4.39 Å². The zero-order chi connectivity index (χ0) is 17.6. The molecule has 0 spiro atoms. The van der Waals surface area contributed by atoms with E-state index in [1.165, 1.54) is 19.3 Å². The number of ether oxygens (including phenoxy) is 2. The van der Waals surface area contributed by atoms with E-state index >= 15 is 0 Å². The van der Waals surface area contributed by atoms with Crippen LogP contribution in [0.15, 0.2) is 24.3 Å². The maximum absolute atomic E-state index is 13.7. The molecule has 1 aliphatic carbocycles. The van der Waals surface area contributed by atoms with Gasteiger partial charge in [-0.1, -0.05) is 59.1 Å². The molecule has 2 atom stereocenters. The highest BCUT2D eigenvalue weighted by atomic mass is 19.1. The highest BCUT2D eigenvalue weighted by Crippen LogP contribution is 2.30. The molecular formula is C21H33FO2. The first kappa shape index (κ1) is 19.2. The Hall–Kier alpha value is -1.09. The summed E-state index contributed by atoms with van der Waals surface area (Å²) in [7, 11) is 0. The largest absolute Gasteiger partial charge is 0.465 e. The fraction of sp³-hybridized carbons (Fsp3) is 0.714. The minimum absolute atomic E-state index is 0.130. The molecule has 1 fully saturated rings. The standard InChI is InChI=1S/C21H33FO2/c1-5-19(22)16-11-13-18(14-12-16)24-20(15-21(2,3)4)23-17-9-7-6-8-10-17/h11-14,17,19-20H,5-10,15H2,1-4H3. The highest BCUT2D eigenvalue weighted by Gasteiger charge is 2.25. The number of halogens is 1. The predicted octanol–water partition coefficient (Wildman–Crippen LogP) is 6.60. The molecule has 1 saturated carbocycles. The normalized spacial score (nSPS) is 19.0. The van der Waals surface area contributed by atoms with E-state index in [0.29, 0.717) is 18.1 Å². The maximum atomic E-state index is 13.7. The average molecular weight is 336 g/mol. The molecule has 3 heteroatoms. The van der Waals surface area contributed by atoms with E-state index in [0.717, 1.165) is 25.0 Å². The summed E-state index contributed by atoms with van der Waals surface area (Å²) < 4.78 is 26.1. The van der Waals surface area contributed by atoms with Gasteiger partial charge in [0.25, 0.3) is 0 Å². The Morgan fingerprint density at radius 3 is 2.25 bits per heavy atom. The van der Waals surface area contributed by atoms with Gasteiger partial charge in [-0.3, -0.25) is 0 Å². The van der Waals surface area contributed by atoms with Gasteiger partial charge in [0.2, 0.25) is 6.29 Å². The second-order valence-corrected chi connectivity index (χ2v) is 8.15. The number of rotatable bonds is 7. The lowest BCUT2D eigenvalue weighted by atomic mass is 9.91. The molecule has 0 amide bonds. The number of hydrogen-bond acceptors (Lipinski definition) is 2. The highest BCUT2D eigenvalue weighted by molar-refractivity contribution is 5.28. The molecule has 0 heterocycles. The van der Waals surface area contributed by atoms with Gasteiger partial charge in [0.1, 0.15) is 11.9 Å². The fourth-order valence-electron chi connectivity index (χ4n) is 3.18. The Kier molecular flexibility index (Phi) is 7.09. The van der Waals surface area contributed by atoms with E-state index in [2.05, 4.69) is 20.8 Å². The first-order chi connectivity index (χ1) is 11.4. The summed E-state index contributed by atoms with van der Waals surface area (Å²) in [6.45, 7) is 8.45. The molecule has 2 nitrogen and oxygen atoms in total. The van der Waals surface area contributed by atoms with Crippen molar-refractivity contribution in [3.05, 3.63) is 29.8 Å². The van der Waals surface area contributed by atoms with Crippen LogP contribution in [0, 0.1) is 5.41 Å². The predicted molar refractivity (Wildman–Crippen MR) is 97.0 cm³/mol. The van der Waals surface area contributed by atoms with Crippen molar-refractivity contribution >= 4 is 0 Å². The third kappa shape index (κ3) is 6.43. The number of benzene rings is 1. The second kappa shape index (κ2) is 8.84. The van der Waals surface area contributed by atoms with Gasteiger partial charge >= 0.3 is 0 Å². The Balaban J connectivity index is 2.00. The Labute approximate surface area is 146 Å². The molecule has 0 bridgehead atoms. The molecule has 136 valence electrons. The summed E-state index contributed by atoms with van der Waals surface area (Å²) in [6.07, 6.45) is 6.56. The van der Waals surface area contributed by atoms with E-state index in [9.17, 15) is 4.39 Å². The molecule has 2 unspecified atom stereocenters. The topological polar surface area (TPSA) is 18.5 Å². The van der Waals surface area contributed by atoms with Crippen LogP contribution in [0.25, 0.3) is 0 Å². The van der Waals surface area contributed by atoms with Crippen LogP contribution in [-0.4, -0.2) is 12.4 Å². The molecule has 2 rings (SSSR count). The summed E-state index contributed by atoms with van der Waals surface area (Å²) in [5.41, 5.74) is 0.844. The van der Waals surface area contributed by atoms with Crippen molar-refractivity contribution in [3.8, 4) is 5.75 Å². The van der Waals surface area contributed by atoms with Gasteiger partial charge in [-0.2, -0.15) is 0 Å². The smallest absolute Gasteiger partial charge is 0.200 e. The molecule has 0 aromatic heterocycles. The van der Waals surface area contributed by atoms with Crippen molar-refractivity contribution < 1.29 is 13.9 Å². The third-order valence-electron chi connectivity index (χ3n) is 4.54. The molecule has 1 aromatic rings. The van der Waals surface area contributed by atoms with E-state index < -0.39 is 6.17 Å². The molecule has 0 aliphatic heterocycles. The van der Waals surface area contributed by atoms with Crippen molar-refractivity contribution in [2.24, 2.45) is 5.41 Å². The average Bonchev–Trinajstić information content (AvgIpc) is 2.54. The van der Waals surface area contributed by atoms with E-state index in [4.69, 9.17) is 9.47 Å². The van der Waals surface area contributed by atoms with Crippen LogP contribution in [0.4, 0.5) is 4.39 Å². The summed E-state index contributed by atoms with van der Waals surface area (Å²) in [5, 5.41) is 0. The molecule has 0 radical (unpaired) electrons. The summed E-state index contributed by atoms with van der Waals surface area (Å²) in [4.78, 5) is 0. The summed E-state index contributed by atoms with van der Waals surface area (Å²) in [6, 6.07) is 7.35. The zero-order valence-corrected chi connectivity index (χ0v) is 15.7. The molecule has 24 heavy (non-hydrogen) atoms. The number of alkyl halides is 1. The lowest BCUT2D eigenvalue weighted by Crippen LogP contribution is -2.32. The van der Waals surface area contributed by atoms with Crippen LogP contribution in [0.2, 0.25) is 0 Å². The van der Waals surface area contributed by atoms with E-state index in [1.807, 2.05) is 31.2 Å². The monoisotopic (exact) mass is 336 g/mol. The van der Waals surface area contributed by atoms with Gasteiger partial charge in [0, 0.05) is 6.42 Å². The van der Waals surface area contributed by atoms with Crippen molar-refractivity contribution in [3.63, 3.8) is 0 Å². The Morgan fingerprint density at radius 2 is 1.71 bits per heavy atom. The van der Waals surface area contributed by atoms with Crippen LogP contribution in [0.1, 0.15) is 84.4 Å². The lowest BCUT2D eigenvalue weighted by molar-refractivity contribution is -0.142. The molecular weight excluding hydrogens is 303 g/mol. The van der Waals surface area contributed by atoms with Gasteiger partial charge < -0.3 is 9.47 Å². The van der Waals surface area contributed by atoms with Crippen molar-refractivity contribution in [2.45, 2.75) is 91.2 Å². The molecule has 0 N–H and O–H groups in total. The summed E-state index contributed by atoms with van der Waals surface area (Å²) >= 11 is 0. The van der Waals surface area contributed by atoms with Crippen molar-refractivity contribution in [1.29, 1.82) is 0 Å². The minimum atomic E-state index is -0.900. The Bertz CT molecular complexity index is 472. The zero-order valence-electron chi connectivity index (χ0n) is 15.7. The van der Waals surface area contributed by atoms with Crippen LogP contribution in [0.5, 0.6) is 5.75 Å². The van der Waals surface area contributed by atoms with Gasteiger partial charge in [-0.15, -0.1) is 0 Å². The van der Waals surface area contributed by atoms with E-state index in [1.54, 1.807) is 0 Å². The number of hydrogen-bond donors (Lipinski definition) is 0. The minimum Gasteiger partial charge on any atom is -0.465 e. The van der Waals surface area contributed by atoms with Crippen LogP contribution < -0.4 is 4.74 Å². The Morgan fingerprint density at radius 1 is 1.08 bits per heavy atom. The van der Waals surface area contributed by atoms with Crippen molar-refractivity contribution in [2.75, 3.05) is 0 Å². The lowest BCUT2D eigenvalue weighted by Gasteiger charge is -2.31. The first-order valence-corrected chi connectivity index (χ1v) is 9.43. The van der Waals surface area contributed by atoms with Gasteiger partial charge in [0.15, 0.2) is 0 Å². The molecule has 1 aliphatic rings. The van der Waals surface area contributed by atoms with Gasteiger partial charge in [-0.05, 0) is 42.4 Å². The maximum Gasteiger partial charge on any atom is 0.200 e. The first-order valence-electron chi connectivity index (χ1n) is 9.43. The third-order valence-corrected chi connectivity index (χ3v) is 4.54. The SMILES string of the molecule is CCC(F)c1ccc(OC(CC(C)(C)C)OC2CCCCC2)cc1. The second-order valence-electron chi connectivity index (χ2n) is 8.15. The quantitative estimate of drug-likeness (QED) is 0.522. The van der Waals surface area contributed by atoms with Crippen LogP contribution in [0.3, 0.4) is 0 Å². The van der Waals surface area contributed by atoms with Gasteiger partial charge in [0.05, 0.1) is 6.10 Å². The van der Waals surface area contributed by atoms with E-state index in [-0.39, 0.29) is 11.7 Å². The van der Waals surface area contributed by atoms with Crippen LogP contribution >= 0.6 is 0 Å². The fourth-order valence-corrected chi connectivity index (χ4v) is 3.18. The molecule has 1 aromatic carbocycles.